The van der Waals surface area contributed by atoms with Gasteiger partial charge < -0.3 is 10.6 Å². The summed E-state index contributed by atoms with van der Waals surface area (Å²) >= 11 is 6.12. The standard InChI is InChI=1S/C13H21ClN4/c1-3-7-15-13-16-8-11(14)12(18-13)17-9(2)10-5-4-6-10/h8-10H,3-7H2,1-2H3,(H2,15,16,17,18). The predicted molar refractivity (Wildman–Crippen MR) is 76.2 cm³/mol. The van der Waals surface area contributed by atoms with Gasteiger partial charge in [-0.3, -0.25) is 0 Å². The van der Waals surface area contributed by atoms with E-state index in [0.29, 0.717) is 17.0 Å². The lowest BCUT2D eigenvalue weighted by molar-refractivity contribution is 0.285. The minimum atomic E-state index is 0.421. The molecular weight excluding hydrogens is 248 g/mol. The molecule has 1 unspecified atom stereocenters. The van der Waals surface area contributed by atoms with Crippen molar-refractivity contribution in [2.75, 3.05) is 17.2 Å². The van der Waals surface area contributed by atoms with Crippen molar-refractivity contribution in [2.45, 2.75) is 45.6 Å². The smallest absolute Gasteiger partial charge is 0.224 e. The zero-order valence-electron chi connectivity index (χ0n) is 11.0. The molecule has 0 spiro atoms. The molecule has 1 saturated carbocycles. The van der Waals surface area contributed by atoms with E-state index < -0.39 is 0 Å². The molecule has 0 aliphatic heterocycles. The lowest BCUT2D eigenvalue weighted by Crippen LogP contribution is -2.31. The maximum atomic E-state index is 6.12. The first-order valence-electron chi connectivity index (χ1n) is 6.73. The first-order valence-corrected chi connectivity index (χ1v) is 7.11. The van der Waals surface area contributed by atoms with Crippen molar-refractivity contribution in [3.63, 3.8) is 0 Å². The van der Waals surface area contributed by atoms with Crippen LogP contribution < -0.4 is 10.6 Å². The Morgan fingerprint density at radius 2 is 2.28 bits per heavy atom. The highest BCUT2D eigenvalue weighted by Gasteiger charge is 2.24. The van der Waals surface area contributed by atoms with E-state index in [-0.39, 0.29) is 0 Å². The summed E-state index contributed by atoms with van der Waals surface area (Å²) in [6, 6.07) is 0.421. The van der Waals surface area contributed by atoms with Gasteiger partial charge in [-0.05, 0) is 32.1 Å². The molecule has 0 radical (unpaired) electrons. The molecule has 0 aromatic carbocycles. The van der Waals surface area contributed by atoms with Crippen LogP contribution in [0.5, 0.6) is 0 Å². The summed E-state index contributed by atoms with van der Waals surface area (Å²) in [4.78, 5) is 8.59. The van der Waals surface area contributed by atoms with Gasteiger partial charge in [0.05, 0.1) is 6.20 Å². The second-order valence-corrected chi connectivity index (χ2v) is 5.35. The molecule has 0 bridgehead atoms. The van der Waals surface area contributed by atoms with Gasteiger partial charge in [-0.1, -0.05) is 24.9 Å². The third-order valence-corrected chi connectivity index (χ3v) is 3.78. The van der Waals surface area contributed by atoms with Crippen LogP contribution in [0.25, 0.3) is 0 Å². The number of nitrogens with zero attached hydrogens (tertiary/aromatic N) is 2. The molecule has 1 atom stereocenters. The Balaban J connectivity index is 2.00. The Labute approximate surface area is 114 Å². The third-order valence-electron chi connectivity index (χ3n) is 3.50. The quantitative estimate of drug-likeness (QED) is 0.828. The van der Waals surface area contributed by atoms with E-state index in [9.17, 15) is 0 Å². The Bertz CT molecular complexity index is 393. The van der Waals surface area contributed by atoms with Gasteiger partial charge in [0.1, 0.15) is 5.02 Å². The summed E-state index contributed by atoms with van der Waals surface area (Å²) in [5.74, 6) is 2.14. The van der Waals surface area contributed by atoms with Crippen molar-refractivity contribution in [1.29, 1.82) is 0 Å². The lowest BCUT2D eigenvalue weighted by Gasteiger charge is -2.32. The van der Waals surface area contributed by atoms with Crippen LogP contribution in [0.15, 0.2) is 6.20 Å². The van der Waals surface area contributed by atoms with Crippen molar-refractivity contribution in [3.8, 4) is 0 Å². The largest absolute Gasteiger partial charge is 0.366 e. The zero-order chi connectivity index (χ0) is 13.0. The average molecular weight is 269 g/mol. The molecular formula is C13H21ClN4. The second kappa shape index (κ2) is 6.23. The van der Waals surface area contributed by atoms with Gasteiger partial charge >= 0.3 is 0 Å². The van der Waals surface area contributed by atoms with Gasteiger partial charge in [-0.15, -0.1) is 0 Å². The van der Waals surface area contributed by atoms with Crippen molar-refractivity contribution >= 4 is 23.4 Å². The van der Waals surface area contributed by atoms with Crippen LogP contribution in [0.2, 0.25) is 5.02 Å². The van der Waals surface area contributed by atoms with E-state index in [2.05, 4.69) is 34.4 Å². The van der Waals surface area contributed by atoms with E-state index in [1.165, 1.54) is 19.3 Å². The molecule has 2 rings (SSSR count). The summed E-state index contributed by atoms with van der Waals surface area (Å²) in [5, 5.41) is 7.16. The van der Waals surface area contributed by atoms with Crippen LogP contribution in [0.1, 0.15) is 39.5 Å². The molecule has 5 heteroatoms. The normalized spacial score (nSPS) is 17.1. The summed E-state index contributed by atoms with van der Waals surface area (Å²) in [7, 11) is 0. The molecule has 1 aromatic heterocycles. The fourth-order valence-corrected chi connectivity index (χ4v) is 2.21. The number of hydrogen-bond donors (Lipinski definition) is 2. The summed E-state index contributed by atoms with van der Waals surface area (Å²) in [5.41, 5.74) is 0. The molecule has 4 nitrogen and oxygen atoms in total. The maximum absolute atomic E-state index is 6.12. The fourth-order valence-electron chi connectivity index (χ4n) is 2.06. The summed E-state index contributed by atoms with van der Waals surface area (Å²) in [6.07, 6.45) is 6.66. The third kappa shape index (κ3) is 3.25. The van der Waals surface area contributed by atoms with Gasteiger partial charge in [0.25, 0.3) is 0 Å². The summed E-state index contributed by atoms with van der Waals surface area (Å²) < 4.78 is 0. The van der Waals surface area contributed by atoms with Crippen LogP contribution in [0.4, 0.5) is 11.8 Å². The van der Waals surface area contributed by atoms with Crippen LogP contribution in [-0.4, -0.2) is 22.6 Å². The van der Waals surface area contributed by atoms with Gasteiger partial charge in [0.15, 0.2) is 5.82 Å². The number of halogens is 1. The number of anilines is 2. The molecule has 2 N–H and O–H groups in total. The topological polar surface area (TPSA) is 49.8 Å². The van der Waals surface area contributed by atoms with Crippen molar-refractivity contribution in [2.24, 2.45) is 5.92 Å². The van der Waals surface area contributed by atoms with Gasteiger partial charge in [-0.25, -0.2) is 4.98 Å². The minimum absolute atomic E-state index is 0.421. The van der Waals surface area contributed by atoms with E-state index in [1.807, 2.05) is 0 Å². The highest BCUT2D eigenvalue weighted by atomic mass is 35.5. The van der Waals surface area contributed by atoms with E-state index >= 15 is 0 Å². The Hall–Kier alpha value is -1.03. The minimum Gasteiger partial charge on any atom is -0.366 e. The first kappa shape index (κ1) is 13.4. The highest BCUT2D eigenvalue weighted by Crippen LogP contribution is 2.32. The molecule has 1 fully saturated rings. The summed E-state index contributed by atoms with van der Waals surface area (Å²) in [6.45, 7) is 5.18. The predicted octanol–water partition coefficient (Wildman–Crippen LogP) is 3.55. The number of hydrogen-bond acceptors (Lipinski definition) is 4. The average Bonchev–Trinajstić information content (AvgIpc) is 2.28. The Morgan fingerprint density at radius 1 is 1.50 bits per heavy atom. The molecule has 1 aliphatic carbocycles. The molecule has 0 amide bonds. The van der Waals surface area contributed by atoms with Crippen molar-refractivity contribution in [1.82, 2.24) is 9.97 Å². The highest BCUT2D eigenvalue weighted by molar-refractivity contribution is 6.32. The molecule has 100 valence electrons. The SMILES string of the molecule is CCCNc1ncc(Cl)c(NC(C)C2CCC2)n1. The first-order chi connectivity index (χ1) is 8.70. The van der Waals surface area contributed by atoms with E-state index in [1.54, 1.807) is 6.20 Å². The number of rotatable bonds is 6. The van der Waals surface area contributed by atoms with Crippen molar-refractivity contribution < 1.29 is 0 Å². The number of nitrogens with one attached hydrogen (secondary N) is 2. The zero-order valence-corrected chi connectivity index (χ0v) is 11.8. The van der Waals surface area contributed by atoms with Crippen LogP contribution >= 0.6 is 11.6 Å². The Morgan fingerprint density at radius 3 is 2.89 bits per heavy atom. The van der Waals surface area contributed by atoms with Gasteiger partial charge in [0, 0.05) is 12.6 Å². The molecule has 18 heavy (non-hydrogen) atoms. The van der Waals surface area contributed by atoms with E-state index in [4.69, 9.17) is 11.6 Å². The van der Waals surface area contributed by atoms with E-state index in [0.717, 1.165) is 24.7 Å². The second-order valence-electron chi connectivity index (χ2n) is 4.94. The Kier molecular flexibility index (Phi) is 4.64. The molecule has 0 saturated heterocycles. The molecule has 1 heterocycles. The monoisotopic (exact) mass is 268 g/mol. The molecule has 1 aromatic rings. The maximum Gasteiger partial charge on any atom is 0.224 e. The lowest BCUT2D eigenvalue weighted by atomic mass is 9.80. The van der Waals surface area contributed by atoms with Gasteiger partial charge in [-0.2, -0.15) is 4.98 Å². The fraction of sp³-hybridized carbons (Fsp3) is 0.692. The van der Waals surface area contributed by atoms with Crippen molar-refractivity contribution in [3.05, 3.63) is 11.2 Å². The van der Waals surface area contributed by atoms with Crippen LogP contribution in [0, 0.1) is 5.92 Å². The van der Waals surface area contributed by atoms with Gasteiger partial charge in [0.2, 0.25) is 5.95 Å². The number of aromatic nitrogens is 2. The van der Waals surface area contributed by atoms with Crippen LogP contribution in [-0.2, 0) is 0 Å². The van der Waals surface area contributed by atoms with Crippen LogP contribution in [0.3, 0.4) is 0 Å². The molecule has 1 aliphatic rings.